The maximum atomic E-state index is 12.6. The molecule has 0 fully saturated rings. The number of anilines is 1. The molecule has 34 heavy (non-hydrogen) atoms. The lowest BCUT2D eigenvalue weighted by Gasteiger charge is -2.11. The molecule has 0 bridgehead atoms. The second-order valence-electron chi connectivity index (χ2n) is 7.43. The van der Waals surface area contributed by atoms with Crippen molar-refractivity contribution in [3.05, 3.63) is 83.5 Å². The summed E-state index contributed by atoms with van der Waals surface area (Å²) >= 11 is 4.73. The zero-order valence-electron chi connectivity index (χ0n) is 18.2. The fourth-order valence-corrected chi connectivity index (χ4v) is 4.65. The van der Waals surface area contributed by atoms with Gasteiger partial charge in [0.1, 0.15) is 5.75 Å². The van der Waals surface area contributed by atoms with E-state index in [4.69, 9.17) is 4.74 Å². The van der Waals surface area contributed by atoms with Crippen molar-refractivity contribution in [3.63, 3.8) is 0 Å². The lowest BCUT2D eigenvalue weighted by molar-refractivity contribution is -0.113. The minimum absolute atomic E-state index is 0.124. The molecule has 170 valence electrons. The number of benzene rings is 3. The molecule has 0 unspecified atom stereocenters. The molecule has 7 nitrogen and oxygen atoms in total. The minimum Gasteiger partial charge on any atom is -0.497 e. The summed E-state index contributed by atoms with van der Waals surface area (Å²) < 4.78 is 8.34. The van der Waals surface area contributed by atoms with E-state index in [2.05, 4.69) is 36.4 Å². The molecule has 9 heteroatoms. The number of carbonyl (C=O) groups excluding carboxylic acids is 1. The van der Waals surface area contributed by atoms with Crippen LogP contribution in [0.1, 0.15) is 0 Å². The SMILES string of the molecule is COc1cccc(-n2c(SCC(=O)Nc3ccc(Br)cc3)nnc2-c2c[nH]c3ccccc23)c1. The van der Waals surface area contributed by atoms with Crippen LogP contribution in [0, 0.1) is 0 Å². The van der Waals surface area contributed by atoms with Crippen molar-refractivity contribution < 1.29 is 9.53 Å². The zero-order chi connectivity index (χ0) is 23.5. The molecule has 0 spiro atoms. The molecule has 2 heterocycles. The molecular weight excluding hydrogens is 514 g/mol. The molecule has 0 saturated heterocycles. The number of aromatic amines is 1. The normalized spacial score (nSPS) is 11.0. The monoisotopic (exact) mass is 533 g/mol. The first kappa shape index (κ1) is 22.2. The van der Waals surface area contributed by atoms with Crippen LogP contribution in [0.2, 0.25) is 0 Å². The number of amides is 1. The van der Waals surface area contributed by atoms with E-state index in [-0.39, 0.29) is 11.7 Å². The van der Waals surface area contributed by atoms with Gasteiger partial charge in [-0.2, -0.15) is 0 Å². The lowest BCUT2D eigenvalue weighted by atomic mass is 10.1. The maximum Gasteiger partial charge on any atom is 0.234 e. The number of para-hydroxylation sites is 1. The Morgan fingerprint density at radius 1 is 1.09 bits per heavy atom. The molecule has 5 aromatic rings. The Kier molecular flexibility index (Phi) is 6.37. The summed E-state index contributed by atoms with van der Waals surface area (Å²) in [6, 6.07) is 23.2. The molecule has 0 radical (unpaired) electrons. The highest BCUT2D eigenvalue weighted by atomic mass is 79.9. The minimum atomic E-state index is -0.124. The quantitative estimate of drug-likeness (QED) is 0.254. The summed E-state index contributed by atoms with van der Waals surface area (Å²) in [6.07, 6.45) is 1.93. The Morgan fingerprint density at radius 2 is 1.91 bits per heavy atom. The third-order valence-electron chi connectivity index (χ3n) is 5.24. The highest BCUT2D eigenvalue weighted by molar-refractivity contribution is 9.10. The molecule has 0 saturated carbocycles. The number of carbonyl (C=O) groups is 1. The van der Waals surface area contributed by atoms with Crippen LogP contribution in [0.15, 0.2) is 88.6 Å². The first-order valence-corrected chi connectivity index (χ1v) is 12.2. The van der Waals surface area contributed by atoms with E-state index >= 15 is 0 Å². The second-order valence-corrected chi connectivity index (χ2v) is 9.29. The Labute approximate surface area is 208 Å². The van der Waals surface area contributed by atoms with Crippen LogP contribution in [0.5, 0.6) is 5.75 Å². The van der Waals surface area contributed by atoms with Gasteiger partial charge in [0.25, 0.3) is 0 Å². The van der Waals surface area contributed by atoms with E-state index < -0.39 is 0 Å². The van der Waals surface area contributed by atoms with Gasteiger partial charge in [-0.3, -0.25) is 9.36 Å². The summed E-state index contributed by atoms with van der Waals surface area (Å²) in [7, 11) is 1.63. The summed E-state index contributed by atoms with van der Waals surface area (Å²) in [6.45, 7) is 0. The molecule has 0 aliphatic heterocycles. The molecule has 5 rings (SSSR count). The van der Waals surface area contributed by atoms with Gasteiger partial charge in [0, 0.05) is 38.9 Å². The lowest BCUT2D eigenvalue weighted by Crippen LogP contribution is -2.14. The third-order valence-corrected chi connectivity index (χ3v) is 6.69. The van der Waals surface area contributed by atoms with E-state index in [0.29, 0.717) is 11.0 Å². The number of rotatable bonds is 7. The van der Waals surface area contributed by atoms with Crippen LogP contribution in [0.25, 0.3) is 28.0 Å². The third kappa shape index (κ3) is 4.57. The van der Waals surface area contributed by atoms with E-state index in [0.717, 1.165) is 38.1 Å². The molecule has 2 N–H and O–H groups in total. The van der Waals surface area contributed by atoms with Crippen molar-refractivity contribution in [2.75, 3.05) is 18.2 Å². The maximum absolute atomic E-state index is 12.6. The van der Waals surface area contributed by atoms with Crippen LogP contribution >= 0.6 is 27.7 Å². The molecule has 0 aliphatic rings. The van der Waals surface area contributed by atoms with Crippen molar-refractivity contribution in [1.29, 1.82) is 0 Å². The van der Waals surface area contributed by atoms with Gasteiger partial charge in [-0.05, 0) is 42.5 Å². The Morgan fingerprint density at radius 3 is 2.74 bits per heavy atom. The Hall–Kier alpha value is -3.56. The predicted molar refractivity (Wildman–Crippen MR) is 139 cm³/mol. The molecule has 2 aromatic heterocycles. The number of nitrogens with one attached hydrogen (secondary N) is 2. The second kappa shape index (κ2) is 9.74. The average molecular weight is 534 g/mol. The van der Waals surface area contributed by atoms with Crippen LogP contribution in [-0.2, 0) is 4.79 Å². The van der Waals surface area contributed by atoms with Crippen molar-refractivity contribution in [2.24, 2.45) is 0 Å². The van der Waals surface area contributed by atoms with Gasteiger partial charge in [0.15, 0.2) is 11.0 Å². The van der Waals surface area contributed by atoms with Gasteiger partial charge in [-0.25, -0.2) is 0 Å². The topological polar surface area (TPSA) is 84.8 Å². The number of nitrogens with zero attached hydrogens (tertiary/aromatic N) is 3. The van der Waals surface area contributed by atoms with Gasteiger partial charge >= 0.3 is 0 Å². The smallest absolute Gasteiger partial charge is 0.234 e. The van der Waals surface area contributed by atoms with E-state index in [1.54, 1.807) is 7.11 Å². The summed E-state index contributed by atoms with van der Waals surface area (Å²) in [4.78, 5) is 15.9. The van der Waals surface area contributed by atoms with Crippen molar-refractivity contribution >= 4 is 50.2 Å². The van der Waals surface area contributed by atoms with Gasteiger partial charge in [-0.15, -0.1) is 10.2 Å². The van der Waals surface area contributed by atoms with Crippen LogP contribution in [0.3, 0.4) is 0 Å². The first-order chi connectivity index (χ1) is 16.6. The summed E-state index contributed by atoms with van der Waals surface area (Å²) in [5.41, 5.74) is 3.53. The number of halogens is 1. The summed E-state index contributed by atoms with van der Waals surface area (Å²) in [5.74, 6) is 1.47. The number of aromatic nitrogens is 4. The van der Waals surface area contributed by atoms with E-state index in [9.17, 15) is 4.79 Å². The predicted octanol–water partition coefficient (Wildman–Crippen LogP) is 5.92. The molecular formula is C25H20BrN5O2S. The fourth-order valence-electron chi connectivity index (χ4n) is 3.64. The zero-order valence-corrected chi connectivity index (χ0v) is 20.6. The average Bonchev–Trinajstić information content (AvgIpc) is 3.48. The van der Waals surface area contributed by atoms with E-state index in [1.807, 2.05) is 83.6 Å². The largest absolute Gasteiger partial charge is 0.497 e. The van der Waals surface area contributed by atoms with E-state index in [1.165, 1.54) is 11.8 Å². The number of thioether (sulfide) groups is 1. The van der Waals surface area contributed by atoms with Gasteiger partial charge in [-0.1, -0.05) is 52.0 Å². The highest BCUT2D eigenvalue weighted by Gasteiger charge is 2.20. The first-order valence-electron chi connectivity index (χ1n) is 10.5. The molecule has 1 amide bonds. The number of hydrogen-bond acceptors (Lipinski definition) is 5. The number of ether oxygens (including phenoxy) is 1. The number of methoxy groups -OCH3 is 1. The van der Waals surface area contributed by atoms with Crippen molar-refractivity contribution in [1.82, 2.24) is 19.7 Å². The van der Waals surface area contributed by atoms with Gasteiger partial charge in [0.2, 0.25) is 5.91 Å². The van der Waals surface area contributed by atoms with Gasteiger partial charge < -0.3 is 15.0 Å². The Bertz CT molecular complexity index is 1460. The number of H-pyrrole nitrogens is 1. The number of hydrogen-bond donors (Lipinski definition) is 2. The molecule has 0 atom stereocenters. The van der Waals surface area contributed by atoms with Crippen molar-refractivity contribution in [2.45, 2.75) is 5.16 Å². The number of fused-ring (bicyclic) bond motifs is 1. The van der Waals surface area contributed by atoms with Gasteiger partial charge in [0.05, 0.1) is 18.6 Å². The summed E-state index contributed by atoms with van der Waals surface area (Å²) in [5, 5.41) is 13.5. The van der Waals surface area contributed by atoms with Crippen molar-refractivity contribution in [3.8, 4) is 22.8 Å². The highest BCUT2D eigenvalue weighted by Crippen LogP contribution is 2.33. The molecule has 0 aliphatic carbocycles. The fraction of sp³-hybridized carbons (Fsp3) is 0.0800. The van der Waals surface area contributed by atoms with Crippen LogP contribution in [-0.4, -0.2) is 38.5 Å². The van der Waals surface area contributed by atoms with Crippen LogP contribution in [0.4, 0.5) is 5.69 Å². The standard InChI is InChI=1S/C25H20BrN5O2S/c1-33-19-6-4-5-18(13-19)31-24(21-14-27-22-8-3-2-7-20(21)22)29-30-25(31)34-15-23(32)28-17-11-9-16(26)10-12-17/h2-14,27H,15H2,1H3,(H,28,32). The molecule has 3 aromatic carbocycles. The van der Waals surface area contributed by atoms with Crippen LogP contribution < -0.4 is 10.1 Å². The Balaban J connectivity index is 1.48.